The molecule has 0 amide bonds. The molecule has 4 heteroatoms. The third-order valence-corrected chi connectivity index (χ3v) is 3.59. The minimum Gasteiger partial charge on any atom is -0.324 e. The highest BCUT2D eigenvalue weighted by molar-refractivity contribution is 5.24. The van der Waals surface area contributed by atoms with Gasteiger partial charge in [0.25, 0.3) is 0 Å². The van der Waals surface area contributed by atoms with E-state index in [1.54, 1.807) is 6.20 Å². The van der Waals surface area contributed by atoms with Gasteiger partial charge in [0.05, 0.1) is 6.42 Å². The van der Waals surface area contributed by atoms with Crippen molar-refractivity contribution in [1.29, 1.82) is 0 Å². The molecule has 0 saturated heterocycles. The van der Waals surface area contributed by atoms with Gasteiger partial charge in [-0.3, -0.25) is 4.98 Å². The van der Waals surface area contributed by atoms with E-state index in [0.29, 0.717) is 6.42 Å². The summed E-state index contributed by atoms with van der Waals surface area (Å²) in [7, 11) is 0. The van der Waals surface area contributed by atoms with Crippen LogP contribution in [0.1, 0.15) is 48.1 Å². The molecule has 2 N–H and O–H groups in total. The van der Waals surface area contributed by atoms with E-state index in [1.165, 1.54) is 12.8 Å². The van der Waals surface area contributed by atoms with Crippen LogP contribution < -0.4 is 5.73 Å². The molecule has 1 aliphatic rings. The molecule has 1 unspecified atom stereocenters. The standard InChI is InChI=1S/C15H18N4/c16-13-6-1-2-7-14-12(13)10-18-15(19-14)9-11-5-3-4-8-17-11/h3-5,8,10,13H,1-2,6-7,9,16H2. The molecule has 0 bridgehead atoms. The summed E-state index contributed by atoms with van der Waals surface area (Å²) in [6.07, 6.45) is 8.79. The molecule has 0 fully saturated rings. The maximum Gasteiger partial charge on any atom is 0.134 e. The lowest BCUT2D eigenvalue weighted by molar-refractivity contribution is 0.614. The van der Waals surface area contributed by atoms with Crippen LogP contribution in [0.25, 0.3) is 0 Å². The molecule has 0 spiro atoms. The third-order valence-electron chi connectivity index (χ3n) is 3.59. The van der Waals surface area contributed by atoms with Crippen LogP contribution in [0.5, 0.6) is 0 Å². The fourth-order valence-electron chi connectivity index (χ4n) is 2.54. The van der Waals surface area contributed by atoms with Crippen molar-refractivity contribution in [3.05, 3.63) is 53.4 Å². The van der Waals surface area contributed by atoms with Gasteiger partial charge < -0.3 is 5.73 Å². The minimum absolute atomic E-state index is 0.0985. The van der Waals surface area contributed by atoms with E-state index < -0.39 is 0 Å². The Morgan fingerprint density at radius 2 is 2.16 bits per heavy atom. The Morgan fingerprint density at radius 1 is 1.21 bits per heavy atom. The number of pyridine rings is 1. The molecule has 98 valence electrons. The second-order valence-electron chi connectivity index (χ2n) is 5.04. The number of hydrogen-bond donors (Lipinski definition) is 1. The van der Waals surface area contributed by atoms with Crippen LogP contribution in [0, 0.1) is 0 Å². The van der Waals surface area contributed by atoms with Gasteiger partial charge in [0.2, 0.25) is 0 Å². The summed E-state index contributed by atoms with van der Waals surface area (Å²) in [5.74, 6) is 0.839. The summed E-state index contributed by atoms with van der Waals surface area (Å²) >= 11 is 0. The van der Waals surface area contributed by atoms with Crippen LogP contribution in [0.15, 0.2) is 30.6 Å². The molecule has 19 heavy (non-hydrogen) atoms. The molecule has 0 saturated carbocycles. The minimum atomic E-state index is 0.0985. The Bertz CT molecular complexity index is 553. The van der Waals surface area contributed by atoms with E-state index >= 15 is 0 Å². The van der Waals surface area contributed by atoms with E-state index in [1.807, 2.05) is 24.4 Å². The Morgan fingerprint density at radius 3 is 3.00 bits per heavy atom. The van der Waals surface area contributed by atoms with Crippen LogP contribution in [-0.4, -0.2) is 15.0 Å². The molecule has 0 aromatic carbocycles. The van der Waals surface area contributed by atoms with Crippen molar-refractivity contribution in [2.45, 2.75) is 38.1 Å². The lowest BCUT2D eigenvalue weighted by Crippen LogP contribution is -2.13. The van der Waals surface area contributed by atoms with Gasteiger partial charge in [-0.05, 0) is 31.4 Å². The van der Waals surface area contributed by atoms with Gasteiger partial charge in [0, 0.05) is 35.4 Å². The average molecular weight is 254 g/mol. The molecular formula is C15H18N4. The van der Waals surface area contributed by atoms with Crippen molar-refractivity contribution >= 4 is 0 Å². The van der Waals surface area contributed by atoms with E-state index in [0.717, 1.165) is 35.6 Å². The highest BCUT2D eigenvalue weighted by Crippen LogP contribution is 2.25. The summed E-state index contributed by atoms with van der Waals surface area (Å²) in [5, 5.41) is 0. The first-order chi connectivity index (χ1) is 9.33. The molecule has 1 aliphatic carbocycles. The van der Waals surface area contributed by atoms with Crippen LogP contribution in [0.3, 0.4) is 0 Å². The summed E-state index contributed by atoms with van der Waals surface area (Å²) in [4.78, 5) is 13.5. The summed E-state index contributed by atoms with van der Waals surface area (Å²) in [6, 6.07) is 6.00. The van der Waals surface area contributed by atoms with Gasteiger partial charge in [-0.1, -0.05) is 12.5 Å². The van der Waals surface area contributed by atoms with Crippen LogP contribution in [-0.2, 0) is 12.8 Å². The Kier molecular flexibility index (Phi) is 3.51. The maximum absolute atomic E-state index is 6.16. The number of nitrogens with zero attached hydrogens (tertiary/aromatic N) is 3. The summed E-state index contributed by atoms with van der Waals surface area (Å²) in [6.45, 7) is 0. The molecule has 2 heterocycles. The van der Waals surface area contributed by atoms with Crippen molar-refractivity contribution in [2.24, 2.45) is 5.73 Å². The van der Waals surface area contributed by atoms with Gasteiger partial charge >= 0.3 is 0 Å². The molecule has 0 aliphatic heterocycles. The highest BCUT2D eigenvalue weighted by Gasteiger charge is 2.17. The first-order valence-corrected chi connectivity index (χ1v) is 6.83. The fourth-order valence-corrected chi connectivity index (χ4v) is 2.54. The monoisotopic (exact) mass is 254 g/mol. The summed E-state index contributed by atoms with van der Waals surface area (Å²) in [5.41, 5.74) is 9.41. The van der Waals surface area contributed by atoms with Gasteiger partial charge in [0.15, 0.2) is 0 Å². The number of aryl methyl sites for hydroxylation is 1. The highest BCUT2D eigenvalue weighted by atomic mass is 14.9. The number of rotatable bonds is 2. The Balaban J connectivity index is 1.87. The molecule has 4 nitrogen and oxygen atoms in total. The predicted molar refractivity (Wildman–Crippen MR) is 73.6 cm³/mol. The summed E-state index contributed by atoms with van der Waals surface area (Å²) < 4.78 is 0. The topological polar surface area (TPSA) is 64.7 Å². The lowest BCUT2D eigenvalue weighted by Gasteiger charge is -2.12. The third kappa shape index (κ3) is 2.79. The average Bonchev–Trinajstić information content (AvgIpc) is 2.62. The second-order valence-corrected chi connectivity index (χ2v) is 5.04. The zero-order valence-electron chi connectivity index (χ0n) is 10.9. The number of fused-ring (bicyclic) bond motifs is 1. The van der Waals surface area contributed by atoms with Gasteiger partial charge in [-0.25, -0.2) is 9.97 Å². The number of nitrogens with two attached hydrogens (primary N) is 1. The molecule has 1 atom stereocenters. The fraction of sp³-hybridized carbons (Fsp3) is 0.400. The van der Waals surface area contributed by atoms with Crippen LogP contribution in [0.4, 0.5) is 0 Å². The predicted octanol–water partition coefficient (Wildman–Crippen LogP) is 2.19. The van der Waals surface area contributed by atoms with Crippen molar-refractivity contribution in [3.63, 3.8) is 0 Å². The van der Waals surface area contributed by atoms with Gasteiger partial charge in [-0.2, -0.15) is 0 Å². The SMILES string of the molecule is NC1CCCCc2nc(Cc3ccccn3)ncc21. The number of hydrogen-bond acceptors (Lipinski definition) is 4. The zero-order chi connectivity index (χ0) is 13.1. The second kappa shape index (κ2) is 5.45. The lowest BCUT2D eigenvalue weighted by atomic mass is 10.1. The zero-order valence-corrected chi connectivity index (χ0v) is 10.9. The van der Waals surface area contributed by atoms with E-state index in [2.05, 4.69) is 15.0 Å². The van der Waals surface area contributed by atoms with Crippen molar-refractivity contribution in [1.82, 2.24) is 15.0 Å². The van der Waals surface area contributed by atoms with E-state index in [9.17, 15) is 0 Å². The van der Waals surface area contributed by atoms with Crippen molar-refractivity contribution in [2.75, 3.05) is 0 Å². The van der Waals surface area contributed by atoms with Crippen molar-refractivity contribution < 1.29 is 0 Å². The van der Waals surface area contributed by atoms with Gasteiger partial charge in [0.1, 0.15) is 5.82 Å². The quantitative estimate of drug-likeness (QED) is 0.834. The van der Waals surface area contributed by atoms with E-state index in [-0.39, 0.29) is 6.04 Å². The Hall–Kier alpha value is -1.81. The first-order valence-electron chi connectivity index (χ1n) is 6.83. The molecular weight excluding hydrogens is 236 g/mol. The van der Waals surface area contributed by atoms with E-state index in [4.69, 9.17) is 5.73 Å². The first kappa shape index (κ1) is 12.2. The molecule has 0 radical (unpaired) electrons. The number of aromatic nitrogens is 3. The maximum atomic E-state index is 6.16. The van der Waals surface area contributed by atoms with Crippen LogP contribution >= 0.6 is 0 Å². The molecule has 2 aromatic rings. The Labute approximate surface area is 113 Å². The van der Waals surface area contributed by atoms with Crippen LogP contribution in [0.2, 0.25) is 0 Å². The normalized spacial score (nSPS) is 18.7. The largest absolute Gasteiger partial charge is 0.324 e. The smallest absolute Gasteiger partial charge is 0.134 e. The molecule has 2 aromatic heterocycles. The molecule has 3 rings (SSSR count). The van der Waals surface area contributed by atoms with Crippen molar-refractivity contribution in [3.8, 4) is 0 Å². The van der Waals surface area contributed by atoms with Gasteiger partial charge in [-0.15, -0.1) is 0 Å².